The summed E-state index contributed by atoms with van der Waals surface area (Å²) in [5.74, 6) is -0.353. The molecule has 2 spiro atoms. The normalized spacial score (nSPS) is 57.4. The second-order valence-electron chi connectivity index (χ2n) is 10.9. The summed E-state index contributed by atoms with van der Waals surface area (Å²) in [7, 11) is 0. The molecule has 6 aliphatic rings. The van der Waals surface area contributed by atoms with Crippen LogP contribution >= 0.6 is 0 Å². The van der Waals surface area contributed by atoms with Crippen LogP contribution in [-0.2, 0) is 23.7 Å². The molecule has 6 rings (SSSR count). The average molecular weight is 421 g/mol. The van der Waals surface area contributed by atoms with Crippen LogP contribution in [0.5, 0.6) is 0 Å². The summed E-state index contributed by atoms with van der Waals surface area (Å²) in [6.45, 7) is 5.07. The zero-order chi connectivity index (χ0) is 20.9. The molecule has 0 aromatic carbocycles. The third kappa shape index (κ3) is 2.14. The largest absolute Gasteiger partial charge is 0.393 e. The van der Waals surface area contributed by atoms with E-state index in [1.54, 1.807) is 6.08 Å². The molecule has 5 fully saturated rings. The Labute approximate surface area is 176 Å². The minimum atomic E-state index is -0.914. The Balaban J connectivity index is 1.43. The van der Waals surface area contributed by atoms with E-state index in [9.17, 15) is 15.0 Å². The molecule has 166 valence electrons. The number of carbonyl (C=O) groups is 1. The number of hydrogen-bond acceptors (Lipinski definition) is 7. The molecule has 7 heteroatoms. The molecule has 2 aliphatic heterocycles. The Morgan fingerprint density at radius 1 is 1.10 bits per heavy atom. The standard InChI is InChI=1S/C23H32O7/c1-20-5-3-13(24)7-16(20)17(25)8-14-15-4-6-22(21(15,2)9-18(26)19(14)20)23(30-12-28-22)10-27-11-29-23/h7,14-15,17-19,25-26H,3-6,8-12H2,1-2H3/t14-,15-,17?,18-,19+,20-,21-,22+,23?/m0/s1. The highest BCUT2D eigenvalue weighted by molar-refractivity contribution is 5.91. The Kier molecular flexibility index (Phi) is 4.06. The van der Waals surface area contributed by atoms with Crippen molar-refractivity contribution in [3.63, 3.8) is 0 Å². The van der Waals surface area contributed by atoms with Gasteiger partial charge in [-0.15, -0.1) is 0 Å². The van der Waals surface area contributed by atoms with E-state index >= 15 is 0 Å². The molecule has 3 saturated carbocycles. The van der Waals surface area contributed by atoms with Gasteiger partial charge in [0.15, 0.2) is 19.4 Å². The van der Waals surface area contributed by atoms with E-state index in [-0.39, 0.29) is 48.0 Å². The number of rotatable bonds is 0. The van der Waals surface area contributed by atoms with Crippen LogP contribution < -0.4 is 0 Å². The van der Waals surface area contributed by atoms with Gasteiger partial charge in [-0.2, -0.15) is 0 Å². The fourth-order valence-corrected chi connectivity index (χ4v) is 8.71. The molecule has 0 aromatic heterocycles. The third-order valence-corrected chi connectivity index (χ3v) is 9.91. The van der Waals surface area contributed by atoms with Crippen LogP contribution in [-0.4, -0.2) is 59.8 Å². The summed E-state index contributed by atoms with van der Waals surface area (Å²) in [5, 5.41) is 22.7. The van der Waals surface area contributed by atoms with Gasteiger partial charge in [0.05, 0.1) is 12.2 Å². The summed E-state index contributed by atoms with van der Waals surface area (Å²) in [5.41, 5.74) is -0.512. The maximum atomic E-state index is 12.1. The van der Waals surface area contributed by atoms with Crippen molar-refractivity contribution < 1.29 is 34.0 Å². The lowest BCUT2D eigenvalue weighted by atomic mass is 9.44. The monoisotopic (exact) mass is 420 g/mol. The predicted octanol–water partition coefficient (Wildman–Crippen LogP) is 1.90. The molecule has 0 amide bonds. The first-order valence-corrected chi connectivity index (χ1v) is 11.4. The predicted molar refractivity (Wildman–Crippen MR) is 104 cm³/mol. The van der Waals surface area contributed by atoms with Crippen LogP contribution in [0.2, 0.25) is 0 Å². The highest BCUT2D eigenvalue weighted by Crippen LogP contribution is 2.71. The number of carbonyl (C=O) groups excluding carboxylic acids is 1. The molecule has 0 bridgehead atoms. The fourth-order valence-electron chi connectivity index (χ4n) is 8.71. The summed E-state index contributed by atoms with van der Waals surface area (Å²) in [4.78, 5) is 12.1. The van der Waals surface area contributed by atoms with Crippen LogP contribution in [0.4, 0.5) is 0 Å². The molecule has 2 N–H and O–H groups in total. The zero-order valence-corrected chi connectivity index (χ0v) is 17.8. The van der Waals surface area contributed by atoms with Gasteiger partial charge in [-0.05, 0) is 66.9 Å². The third-order valence-electron chi connectivity index (χ3n) is 9.91. The molecule has 2 heterocycles. The number of aliphatic hydroxyl groups excluding tert-OH is 2. The SMILES string of the molecule is C[C@]12CCC(=O)C=C1C(O)C[C@@H]1[C@@H]2[C@@H](O)C[C@@]2(C)[C@H]1CC[C@@]21OCOC12COCO2. The molecule has 2 unspecified atom stereocenters. The number of fused-ring (bicyclic) bond motifs is 7. The van der Waals surface area contributed by atoms with Gasteiger partial charge < -0.3 is 29.2 Å². The molecule has 9 atom stereocenters. The van der Waals surface area contributed by atoms with Crippen molar-refractivity contribution in [3.05, 3.63) is 11.6 Å². The average Bonchev–Trinajstić information content (AvgIpc) is 3.38. The van der Waals surface area contributed by atoms with Gasteiger partial charge >= 0.3 is 0 Å². The van der Waals surface area contributed by atoms with Gasteiger partial charge in [0.2, 0.25) is 5.79 Å². The zero-order valence-electron chi connectivity index (χ0n) is 17.8. The van der Waals surface area contributed by atoms with Crippen LogP contribution in [0.25, 0.3) is 0 Å². The van der Waals surface area contributed by atoms with Crippen molar-refractivity contribution in [2.75, 3.05) is 20.2 Å². The van der Waals surface area contributed by atoms with Crippen molar-refractivity contribution in [2.24, 2.45) is 28.6 Å². The molecule has 7 nitrogen and oxygen atoms in total. The van der Waals surface area contributed by atoms with Gasteiger partial charge in [-0.25, -0.2) is 0 Å². The van der Waals surface area contributed by atoms with E-state index in [4.69, 9.17) is 18.9 Å². The van der Waals surface area contributed by atoms with Crippen LogP contribution in [0.1, 0.15) is 52.4 Å². The number of hydrogen-bond donors (Lipinski definition) is 2. The first kappa shape index (κ1) is 19.8. The molecule has 30 heavy (non-hydrogen) atoms. The van der Waals surface area contributed by atoms with Gasteiger partial charge in [0.25, 0.3) is 0 Å². The Bertz CT molecular complexity index is 798. The lowest BCUT2D eigenvalue weighted by Gasteiger charge is -2.62. The second-order valence-corrected chi connectivity index (χ2v) is 10.9. The van der Waals surface area contributed by atoms with E-state index in [0.29, 0.717) is 32.3 Å². The van der Waals surface area contributed by atoms with E-state index in [1.165, 1.54) is 0 Å². The van der Waals surface area contributed by atoms with Crippen LogP contribution in [0.15, 0.2) is 11.6 Å². The first-order valence-electron chi connectivity index (χ1n) is 11.4. The van der Waals surface area contributed by atoms with E-state index in [0.717, 1.165) is 18.4 Å². The summed E-state index contributed by atoms with van der Waals surface area (Å²) in [6.07, 6.45) is 4.59. The minimum Gasteiger partial charge on any atom is -0.393 e. The second kappa shape index (κ2) is 6.15. The molecule has 0 aromatic rings. The van der Waals surface area contributed by atoms with Crippen LogP contribution in [0, 0.1) is 28.6 Å². The maximum absolute atomic E-state index is 12.1. The van der Waals surface area contributed by atoms with Gasteiger partial charge in [-0.1, -0.05) is 13.8 Å². The molecule has 0 radical (unpaired) electrons. The Hall–Kier alpha value is -0.830. The van der Waals surface area contributed by atoms with E-state index in [1.807, 2.05) is 0 Å². The Morgan fingerprint density at radius 3 is 2.67 bits per heavy atom. The summed E-state index contributed by atoms with van der Waals surface area (Å²) >= 11 is 0. The quantitative estimate of drug-likeness (QED) is 0.618. The van der Waals surface area contributed by atoms with Crippen molar-refractivity contribution in [1.82, 2.24) is 0 Å². The molecule has 2 saturated heterocycles. The summed E-state index contributed by atoms with van der Waals surface area (Å²) in [6, 6.07) is 0. The van der Waals surface area contributed by atoms with Crippen molar-refractivity contribution in [3.8, 4) is 0 Å². The highest BCUT2D eigenvalue weighted by atomic mass is 16.9. The topological polar surface area (TPSA) is 94.5 Å². The van der Waals surface area contributed by atoms with E-state index in [2.05, 4.69) is 13.8 Å². The fraction of sp³-hybridized carbons (Fsp3) is 0.870. The van der Waals surface area contributed by atoms with Gasteiger partial charge in [0, 0.05) is 11.8 Å². The molecular formula is C23H32O7. The first-order chi connectivity index (χ1) is 14.3. The summed E-state index contributed by atoms with van der Waals surface area (Å²) < 4.78 is 24.0. The Morgan fingerprint density at radius 2 is 1.90 bits per heavy atom. The maximum Gasteiger partial charge on any atom is 0.226 e. The smallest absolute Gasteiger partial charge is 0.226 e. The number of ether oxygens (including phenoxy) is 4. The van der Waals surface area contributed by atoms with Gasteiger partial charge in [0.1, 0.15) is 12.2 Å². The minimum absolute atomic E-state index is 0.0347. The lowest BCUT2D eigenvalue weighted by molar-refractivity contribution is -0.258. The van der Waals surface area contributed by atoms with Crippen molar-refractivity contribution in [2.45, 2.75) is 76.0 Å². The molecule has 4 aliphatic carbocycles. The van der Waals surface area contributed by atoms with Gasteiger partial charge in [-0.3, -0.25) is 4.79 Å². The number of aliphatic hydroxyl groups is 2. The van der Waals surface area contributed by atoms with Crippen molar-refractivity contribution in [1.29, 1.82) is 0 Å². The lowest BCUT2D eigenvalue weighted by Crippen LogP contribution is -2.66. The van der Waals surface area contributed by atoms with Crippen molar-refractivity contribution >= 4 is 5.78 Å². The van der Waals surface area contributed by atoms with Crippen LogP contribution in [0.3, 0.4) is 0 Å². The highest BCUT2D eigenvalue weighted by Gasteiger charge is 2.77. The number of ketones is 1. The van der Waals surface area contributed by atoms with E-state index < -0.39 is 23.6 Å². The molecular weight excluding hydrogens is 388 g/mol.